The van der Waals surface area contributed by atoms with Crippen LogP contribution in [0.1, 0.15) is 5.56 Å². The SMILES string of the molecule is N#Cc1ccc(N(C=O)C2NC(=O)CS2)cc1. The fourth-order valence-electron chi connectivity index (χ4n) is 1.49. The van der Waals surface area contributed by atoms with Crippen LogP contribution in [0.3, 0.4) is 0 Å². The van der Waals surface area contributed by atoms with Crippen molar-refractivity contribution in [3.05, 3.63) is 29.8 Å². The lowest BCUT2D eigenvalue weighted by molar-refractivity contribution is -0.118. The molecular formula is C11H9N3O2S. The molecular weight excluding hydrogens is 238 g/mol. The van der Waals surface area contributed by atoms with E-state index in [4.69, 9.17) is 5.26 Å². The van der Waals surface area contributed by atoms with Crippen molar-refractivity contribution < 1.29 is 9.59 Å². The van der Waals surface area contributed by atoms with E-state index < -0.39 is 0 Å². The summed E-state index contributed by atoms with van der Waals surface area (Å²) >= 11 is 1.36. The van der Waals surface area contributed by atoms with Crippen LogP contribution in [0.5, 0.6) is 0 Å². The van der Waals surface area contributed by atoms with Gasteiger partial charge in [0.15, 0.2) is 5.50 Å². The normalized spacial score (nSPS) is 18.3. The summed E-state index contributed by atoms with van der Waals surface area (Å²) in [5.41, 5.74) is 0.814. The van der Waals surface area contributed by atoms with Gasteiger partial charge in [-0.3, -0.25) is 14.5 Å². The lowest BCUT2D eigenvalue weighted by atomic mass is 10.2. The van der Waals surface area contributed by atoms with E-state index in [1.807, 2.05) is 6.07 Å². The number of thioether (sulfide) groups is 1. The minimum absolute atomic E-state index is 0.0829. The van der Waals surface area contributed by atoms with Gasteiger partial charge >= 0.3 is 0 Å². The molecule has 2 amide bonds. The van der Waals surface area contributed by atoms with Gasteiger partial charge in [0, 0.05) is 5.69 Å². The number of hydrogen-bond acceptors (Lipinski definition) is 4. The second kappa shape index (κ2) is 4.89. The van der Waals surface area contributed by atoms with E-state index in [2.05, 4.69) is 5.32 Å². The highest BCUT2D eigenvalue weighted by molar-refractivity contribution is 8.01. The maximum atomic E-state index is 11.1. The second-order valence-corrected chi connectivity index (χ2v) is 4.47. The fraction of sp³-hybridized carbons (Fsp3) is 0.182. The summed E-state index contributed by atoms with van der Waals surface area (Å²) in [5.74, 6) is 0.270. The van der Waals surface area contributed by atoms with Crippen LogP contribution in [0.25, 0.3) is 0 Å². The lowest BCUT2D eigenvalue weighted by Crippen LogP contribution is -2.40. The van der Waals surface area contributed by atoms with E-state index in [0.717, 1.165) is 0 Å². The van der Waals surface area contributed by atoms with E-state index in [1.54, 1.807) is 24.3 Å². The molecule has 5 nitrogen and oxygen atoms in total. The van der Waals surface area contributed by atoms with E-state index in [0.29, 0.717) is 23.4 Å². The summed E-state index contributed by atoms with van der Waals surface area (Å²) in [7, 11) is 0. The summed E-state index contributed by atoms with van der Waals surface area (Å²) in [6.07, 6.45) is 0.671. The van der Waals surface area contributed by atoms with Crippen LogP contribution in [0, 0.1) is 11.3 Å². The average Bonchev–Trinajstić information content (AvgIpc) is 2.78. The van der Waals surface area contributed by atoms with Gasteiger partial charge in [0.1, 0.15) is 0 Å². The van der Waals surface area contributed by atoms with Crippen molar-refractivity contribution >= 4 is 29.8 Å². The molecule has 1 saturated heterocycles. The molecule has 1 heterocycles. The van der Waals surface area contributed by atoms with Crippen molar-refractivity contribution in [3.8, 4) is 6.07 Å². The van der Waals surface area contributed by atoms with Gasteiger partial charge in [-0.25, -0.2) is 0 Å². The zero-order chi connectivity index (χ0) is 12.3. The van der Waals surface area contributed by atoms with Crippen LogP contribution >= 0.6 is 11.8 Å². The smallest absolute Gasteiger partial charge is 0.232 e. The first-order chi connectivity index (χ1) is 8.24. The molecule has 1 aromatic rings. The Labute approximate surface area is 102 Å². The Morgan fingerprint density at radius 3 is 2.65 bits per heavy atom. The Morgan fingerprint density at radius 1 is 1.47 bits per heavy atom. The Kier molecular flexibility index (Phi) is 3.30. The Bertz CT molecular complexity index is 480. The van der Waals surface area contributed by atoms with Gasteiger partial charge in [-0.1, -0.05) is 0 Å². The second-order valence-electron chi connectivity index (χ2n) is 3.40. The molecule has 6 heteroatoms. The van der Waals surface area contributed by atoms with E-state index in [9.17, 15) is 9.59 Å². The van der Waals surface area contributed by atoms with Gasteiger partial charge in [0.25, 0.3) is 0 Å². The summed E-state index contributed by atoms with van der Waals surface area (Å²) in [6.45, 7) is 0. The highest BCUT2D eigenvalue weighted by Gasteiger charge is 2.27. The number of nitrogens with zero attached hydrogens (tertiary/aromatic N) is 2. The molecule has 1 aromatic carbocycles. The molecule has 1 fully saturated rings. The first kappa shape index (κ1) is 11.5. The number of benzene rings is 1. The van der Waals surface area contributed by atoms with Crippen LogP contribution in [0.2, 0.25) is 0 Å². The molecule has 1 unspecified atom stereocenters. The zero-order valence-electron chi connectivity index (χ0n) is 8.79. The van der Waals surface area contributed by atoms with Gasteiger partial charge in [0.05, 0.1) is 17.4 Å². The molecule has 0 aromatic heterocycles. The topological polar surface area (TPSA) is 73.2 Å². The number of carbonyl (C=O) groups excluding carboxylic acids is 2. The molecule has 1 aliphatic rings. The van der Waals surface area contributed by atoms with Gasteiger partial charge in [-0.2, -0.15) is 5.26 Å². The van der Waals surface area contributed by atoms with Crippen molar-refractivity contribution in [2.45, 2.75) is 5.50 Å². The monoisotopic (exact) mass is 247 g/mol. The van der Waals surface area contributed by atoms with Crippen LogP contribution < -0.4 is 10.2 Å². The Morgan fingerprint density at radius 2 is 2.18 bits per heavy atom. The Balaban J connectivity index is 2.20. The number of carbonyl (C=O) groups is 2. The third-order valence-electron chi connectivity index (χ3n) is 2.32. The predicted molar refractivity (Wildman–Crippen MR) is 64.1 cm³/mol. The van der Waals surface area contributed by atoms with Crippen molar-refractivity contribution in [1.82, 2.24) is 5.32 Å². The maximum Gasteiger partial charge on any atom is 0.232 e. The van der Waals surface area contributed by atoms with E-state index in [-0.39, 0.29) is 11.4 Å². The molecule has 1 aliphatic heterocycles. The molecule has 0 spiro atoms. The van der Waals surface area contributed by atoms with Gasteiger partial charge in [-0.05, 0) is 24.3 Å². The summed E-state index contributed by atoms with van der Waals surface area (Å²) in [6, 6.07) is 8.63. The van der Waals surface area contributed by atoms with Crippen molar-refractivity contribution in [2.24, 2.45) is 0 Å². The molecule has 1 N–H and O–H groups in total. The van der Waals surface area contributed by atoms with Crippen molar-refractivity contribution in [1.29, 1.82) is 5.26 Å². The van der Waals surface area contributed by atoms with Gasteiger partial charge in [-0.15, -0.1) is 11.8 Å². The molecule has 0 bridgehead atoms. The number of nitriles is 1. The summed E-state index contributed by atoms with van der Waals surface area (Å²) in [5, 5.41) is 11.4. The first-order valence-corrected chi connectivity index (χ1v) is 5.94. The summed E-state index contributed by atoms with van der Waals surface area (Å²) in [4.78, 5) is 23.6. The highest BCUT2D eigenvalue weighted by atomic mass is 32.2. The van der Waals surface area contributed by atoms with Gasteiger partial charge in [0.2, 0.25) is 12.3 Å². The van der Waals surface area contributed by atoms with Crippen LogP contribution in [-0.2, 0) is 9.59 Å². The number of hydrogen-bond donors (Lipinski definition) is 1. The third-order valence-corrected chi connectivity index (χ3v) is 3.41. The van der Waals surface area contributed by atoms with Crippen molar-refractivity contribution in [2.75, 3.05) is 10.7 Å². The molecule has 0 aliphatic carbocycles. The molecule has 2 rings (SSSR count). The van der Waals surface area contributed by atoms with Gasteiger partial charge < -0.3 is 5.32 Å². The molecule has 0 radical (unpaired) electrons. The van der Waals surface area contributed by atoms with E-state index in [1.165, 1.54) is 16.7 Å². The molecule has 1 atom stereocenters. The average molecular weight is 247 g/mol. The minimum atomic E-state index is -0.368. The van der Waals surface area contributed by atoms with Crippen LogP contribution in [-0.4, -0.2) is 23.6 Å². The van der Waals surface area contributed by atoms with E-state index >= 15 is 0 Å². The van der Waals surface area contributed by atoms with Crippen LogP contribution in [0.15, 0.2) is 24.3 Å². The maximum absolute atomic E-state index is 11.1. The predicted octanol–water partition coefficient (Wildman–Crippen LogP) is 0.668. The summed E-state index contributed by atoms with van der Waals surface area (Å²) < 4.78 is 0. The quantitative estimate of drug-likeness (QED) is 0.797. The molecule has 86 valence electrons. The zero-order valence-corrected chi connectivity index (χ0v) is 9.61. The standard InChI is InChI=1S/C11H9N3O2S/c12-5-8-1-3-9(4-2-8)14(7-15)11-13-10(16)6-17-11/h1-4,7,11H,6H2,(H,13,16). The fourth-order valence-corrected chi connectivity index (χ4v) is 2.42. The Hall–Kier alpha value is -2.00. The van der Waals surface area contributed by atoms with Crippen LogP contribution in [0.4, 0.5) is 5.69 Å². The lowest BCUT2D eigenvalue weighted by Gasteiger charge is -2.23. The first-order valence-electron chi connectivity index (χ1n) is 4.89. The number of amides is 2. The minimum Gasteiger partial charge on any atom is -0.326 e. The highest BCUT2D eigenvalue weighted by Crippen LogP contribution is 2.24. The third kappa shape index (κ3) is 2.40. The van der Waals surface area contributed by atoms with Crippen molar-refractivity contribution in [3.63, 3.8) is 0 Å². The number of anilines is 1. The molecule has 0 saturated carbocycles. The number of rotatable bonds is 3. The number of nitrogens with one attached hydrogen (secondary N) is 1. The largest absolute Gasteiger partial charge is 0.326 e. The molecule has 17 heavy (non-hydrogen) atoms.